The van der Waals surface area contributed by atoms with Crippen LogP contribution in [0.5, 0.6) is 0 Å². The van der Waals surface area contributed by atoms with Gasteiger partial charge in [-0.15, -0.1) is 0 Å². The number of benzene rings is 2. The van der Waals surface area contributed by atoms with E-state index in [2.05, 4.69) is 0 Å². The molecule has 0 bridgehead atoms. The summed E-state index contributed by atoms with van der Waals surface area (Å²) in [6, 6.07) is 16.0. The molecule has 0 heterocycles. The zero-order chi connectivity index (χ0) is 13.5. The molecular weight excluding hydrogens is 239 g/mol. The topological polar surface area (TPSA) is 17.1 Å². The highest BCUT2D eigenvalue weighted by atomic mass is 19.1. The molecule has 0 spiro atoms. The molecular formula is C17H15FO. The second-order valence-electron chi connectivity index (χ2n) is 4.34. The van der Waals surface area contributed by atoms with Crippen molar-refractivity contribution in [3.63, 3.8) is 0 Å². The molecule has 96 valence electrons. The predicted octanol–water partition coefficient (Wildman–Crippen LogP) is 4.04. The molecule has 2 aromatic rings. The minimum atomic E-state index is -0.259. The van der Waals surface area contributed by atoms with Crippen LogP contribution in [0.1, 0.15) is 17.5 Å². The van der Waals surface area contributed by atoms with Crippen LogP contribution in [0.4, 0.5) is 4.39 Å². The molecule has 2 aromatic carbocycles. The van der Waals surface area contributed by atoms with Crippen LogP contribution in [0.3, 0.4) is 0 Å². The minimum Gasteiger partial charge on any atom is -0.295 e. The van der Waals surface area contributed by atoms with Crippen LogP contribution in [-0.2, 0) is 11.2 Å². The number of carbonyl (C=O) groups excluding carboxylic acids is 1. The fraction of sp³-hybridized carbons (Fsp3) is 0.118. The number of hydrogen-bond acceptors (Lipinski definition) is 1. The molecule has 19 heavy (non-hydrogen) atoms. The van der Waals surface area contributed by atoms with Crippen molar-refractivity contribution >= 4 is 11.9 Å². The third-order valence-electron chi connectivity index (χ3n) is 2.81. The van der Waals surface area contributed by atoms with Gasteiger partial charge in [0.2, 0.25) is 0 Å². The summed E-state index contributed by atoms with van der Waals surface area (Å²) in [6.45, 7) is 0. The Labute approximate surface area is 112 Å². The number of hydrogen-bond donors (Lipinski definition) is 0. The molecule has 1 nitrogen and oxygen atoms in total. The quantitative estimate of drug-likeness (QED) is 0.736. The van der Waals surface area contributed by atoms with Gasteiger partial charge in [-0.1, -0.05) is 48.5 Å². The predicted molar refractivity (Wildman–Crippen MR) is 75.2 cm³/mol. The summed E-state index contributed by atoms with van der Waals surface area (Å²) in [7, 11) is 0. The van der Waals surface area contributed by atoms with E-state index in [1.165, 1.54) is 12.1 Å². The third-order valence-corrected chi connectivity index (χ3v) is 2.81. The van der Waals surface area contributed by atoms with Crippen LogP contribution in [0.25, 0.3) is 6.08 Å². The molecule has 0 saturated heterocycles. The number of carbonyl (C=O) groups is 1. The van der Waals surface area contributed by atoms with Gasteiger partial charge in [-0.3, -0.25) is 4.79 Å². The van der Waals surface area contributed by atoms with Gasteiger partial charge in [-0.05, 0) is 35.8 Å². The van der Waals surface area contributed by atoms with Gasteiger partial charge in [0.1, 0.15) is 5.82 Å². The lowest BCUT2D eigenvalue weighted by Crippen LogP contribution is -1.96. The lowest BCUT2D eigenvalue weighted by molar-refractivity contribution is -0.114. The summed E-state index contributed by atoms with van der Waals surface area (Å²) in [5, 5.41) is 0. The minimum absolute atomic E-state index is 0.0492. The molecule has 0 aromatic heterocycles. The molecule has 0 atom stereocenters. The van der Waals surface area contributed by atoms with Crippen LogP contribution in [0.2, 0.25) is 0 Å². The molecule has 0 amide bonds. The van der Waals surface area contributed by atoms with Crippen LogP contribution in [-0.4, -0.2) is 5.78 Å². The highest BCUT2D eigenvalue weighted by Gasteiger charge is 2.00. The number of allylic oxidation sites excluding steroid dienone is 1. The first-order valence-electron chi connectivity index (χ1n) is 6.24. The molecule has 0 aliphatic heterocycles. The first-order chi connectivity index (χ1) is 9.24. The van der Waals surface area contributed by atoms with E-state index in [0.29, 0.717) is 12.8 Å². The van der Waals surface area contributed by atoms with Crippen molar-refractivity contribution in [1.29, 1.82) is 0 Å². The van der Waals surface area contributed by atoms with E-state index in [9.17, 15) is 9.18 Å². The summed E-state index contributed by atoms with van der Waals surface area (Å²) in [4.78, 5) is 11.7. The summed E-state index contributed by atoms with van der Waals surface area (Å²) in [6.07, 6.45) is 4.34. The van der Waals surface area contributed by atoms with Crippen molar-refractivity contribution in [2.24, 2.45) is 0 Å². The Morgan fingerprint density at radius 3 is 2.58 bits per heavy atom. The highest BCUT2D eigenvalue weighted by Crippen LogP contribution is 2.07. The van der Waals surface area contributed by atoms with E-state index in [1.807, 2.05) is 36.4 Å². The maximum Gasteiger partial charge on any atom is 0.156 e. The Kier molecular flexibility index (Phi) is 4.62. The fourth-order valence-corrected chi connectivity index (χ4v) is 1.80. The molecule has 0 aliphatic rings. The standard InChI is InChI=1S/C17H15FO/c18-16-8-4-7-15(13-16)10-12-17(19)11-9-14-5-2-1-3-6-14/h1-9,11,13H,10,12H2/b11-9+. The number of rotatable bonds is 5. The zero-order valence-electron chi connectivity index (χ0n) is 10.6. The molecule has 0 aliphatic carbocycles. The summed E-state index contributed by atoms with van der Waals surface area (Å²) >= 11 is 0. The Morgan fingerprint density at radius 1 is 1.05 bits per heavy atom. The molecule has 0 N–H and O–H groups in total. The third kappa shape index (κ3) is 4.51. The molecule has 2 heteroatoms. The van der Waals surface area contributed by atoms with Crippen molar-refractivity contribution in [2.75, 3.05) is 0 Å². The Balaban J connectivity index is 1.87. The van der Waals surface area contributed by atoms with Crippen molar-refractivity contribution in [3.05, 3.63) is 77.6 Å². The van der Waals surface area contributed by atoms with E-state index >= 15 is 0 Å². The van der Waals surface area contributed by atoms with Crippen LogP contribution < -0.4 is 0 Å². The van der Waals surface area contributed by atoms with Gasteiger partial charge >= 0.3 is 0 Å². The first kappa shape index (κ1) is 13.2. The maximum atomic E-state index is 13.0. The van der Waals surface area contributed by atoms with Crippen molar-refractivity contribution in [2.45, 2.75) is 12.8 Å². The second-order valence-corrected chi connectivity index (χ2v) is 4.34. The number of aryl methyl sites for hydroxylation is 1. The monoisotopic (exact) mass is 254 g/mol. The summed E-state index contributed by atoms with van der Waals surface area (Å²) in [5.41, 5.74) is 1.85. The zero-order valence-corrected chi connectivity index (χ0v) is 10.6. The number of halogens is 1. The van der Waals surface area contributed by atoms with Gasteiger partial charge in [-0.25, -0.2) is 4.39 Å². The molecule has 0 radical (unpaired) electrons. The molecule has 2 rings (SSSR count). The van der Waals surface area contributed by atoms with Gasteiger partial charge in [-0.2, -0.15) is 0 Å². The Bertz CT molecular complexity index is 573. The Hall–Kier alpha value is -2.22. The fourth-order valence-electron chi connectivity index (χ4n) is 1.80. The largest absolute Gasteiger partial charge is 0.295 e. The van der Waals surface area contributed by atoms with E-state index < -0.39 is 0 Å². The van der Waals surface area contributed by atoms with E-state index in [0.717, 1.165) is 11.1 Å². The average Bonchev–Trinajstić information content (AvgIpc) is 2.44. The highest BCUT2D eigenvalue weighted by molar-refractivity contribution is 5.93. The van der Waals surface area contributed by atoms with Crippen molar-refractivity contribution in [3.8, 4) is 0 Å². The lowest BCUT2D eigenvalue weighted by atomic mass is 10.1. The van der Waals surface area contributed by atoms with Crippen molar-refractivity contribution < 1.29 is 9.18 Å². The Morgan fingerprint density at radius 2 is 1.84 bits per heavy atom. The van der Waals surface area contributed by atoms with E-state index in [4.69, 9.17) is 0 Å². The van der Waals surface area contributed by atoms with Gasteiger partial charge in [0.15, 0.2) is 5.78 Å². The van der Waals surface area contributed by atoms with Crippen LogP contribution in [0.15, 0.2) is 60.7 Å². The average molecular weight is 254 g/mol. The smallest absolute Gasteiger partial charge is 0.156 e. The van der Waals surface area contributed by atoms with Crippen LogP contribution >= 0.6 is 0 Å². The second kappa shape index (κ2) is 6.64. The van der Waals surface area contributed by atoms with Crippen molar-refractivity contribution in [1.82, 2.24) is 0 Å². The van der Waals surface area contributed by atoms with Gasteiger partial charge < -0.3 is 0 Å². The first-order valence-corrected chi connectivity index (χ1v) is 6.24. The number of ketones is 1. The molecule has 0 fully saturated rings. The maximum absolute atomic E-state index is 13.0. The SMILES string of the molecule is O=C(/C=C/c1ccccc1)CCc1cccc(F)c1. The van der Waals surface area contributed by atoms with Gasteiger partial charge in [0, 0.05) is 6.42 Å². The molecule has 0 saturated carbocycles. The van der Waals surface area contributed by atoms with Gasteiger partial charge in [0.05, 0.1) is 0 Å². The van der Waals surface area contributed by atoms with E-state index in [1.54, 1.807) is 18.2 Å². The van der Waals surface area contributed by atoms with E-state index in [-0.39, 0.29) is 11.6 Å². The van der Waals surface area contributed by atoms with Crippen LogP contribution in [0, 0.1) is 5.82 Å². The summed E-state index contributed by atoms with van der Waals surface area (Å²) in [5.74, 6) is -0.210. The molecule has 0 unspecified atom stereocenters. The van der Waals surface area contributed by atoms with Gasteiger partial charge in [0.25, 0.3) is 0 Å². The lowest BCUT2D eigenvalue weighted by Gasteiger charge is -1.99. The normalized spacial score (nSPS) is 10.8. The summed E-state index contributed by atoms with van der Waals surface area (Å²) < 4.78 is 13.0.